The number of furan rings is 1. The molecule has 9 heteroatoms. The summed E-state index contributed by atoms with van der Waals surface area (Å²) in [7, 11) is 1.50. The zero-order valence-electron chi connectivity index (χ0n) is 16.1. The van der Waals surface area contributed by atoms with Gasteiger partial charge in [0.25, 0.3) is 5.91 Å². The molecule has 4 rings (SSSR count). The number of fused-ring (bicyclic) bond motifs is 2. The van der Waals surface area contributed by atoms with E-state index < -0.39 is 24.5 Å². The first-order valence-corrected chi connectivity index (χ1v) is 9.23. The van der Waals surface area contributed by atoms with Crippen molar-refractivity contribution in [2.45, 2.75) is 12.6 Å². The fourth-order valence-electron chi connectivity index (χ4n) is 3.10. The Kier molecular flexibility index (Phi) is 5.44. The zero-order valence-corrected chi connectivity index (χ0v) is 16.1. The minimum absolute atomic E-state index is 0.0107. The fraction of sp³-hybridized carbons (Fsp3) is 0.238. The molecule has 1 aromatic heterocycles. The number of ether oxygens (including phenoxy) is 3. The summed E-state index contributed by atoms with van der Waals surface area (Å²) >= 11 is 0. The van der Waals surface area contributed by atoms with E-state index >= 15 is 0 Å². The molecule has 156 valence electrons. The minimum atomic E-state index is -1.14. The number of carbonyl (C=O) groups is 2. The van der Waals surface area contributed by atoms with Crippen LogP contribution in [0.25, 0.3) is 11.0 Å². The molecule has 2 heterocycles. The highest BCUT2D eigenvalue weighted by Gasteiger charge is 2.23. The van der Waals surface area contributed by atoms with Gasteiger partial charge in [-0.25, -0.2) is 0 Å². The van der Waals surface area contributed by atoms with Gasteiger partial charge in [-0.05, 0) is 29.8 Å². The largest absolute Gasteiger partial charge is 0.493 e. The van der Waals surface area contributed by atoms with Gasteiger partial charge < -0.3 is 34.4 Å². The lowest BCUT2D eigenvalue weighted by Gasteiger charge is -2.15. The number of benzene rings is 2. The molecule has 2 amide bonds. The number of para-hydroxylation sites is 1. The van der Waals surface area contributed by atoms with Gasteiger partial charge in [0.05, 0.1) is 13.7 Å². The molecule has 0 radical (unpaired) electrons. The number of methoxy groups -OCH3 is 1. The minimum Gasteiger partial charge on any atom is -0.493 e. The topological polar surface area (TPSA) is 119 Å². The van der Waals surface area contributed by atoms with E-state index in [1.165, 1.54) is 7.11 Å². The Morgan fingerprint density at radius 1 is 1.17 bits per heavy atom. The van der Waals surface area contributed by atoms with Crippen LogP contribution in [0.2, 0.25) is 0 Å². The van der Waals surface area contributed by atoms with E-state index in [4.69, 9.17) is 18.6 Å². The molecular weight excluding hydrogens is 392 g/mol. The summed E-state index contributed by atoms with van der Waals surface area (Å²) in [6.45, 7) is -0.205. The second-order valence-corrected chi connectivity index (χ2v) is 6.60. The molecule has 1 aliphatic rings. The van der Waals surface area contributed by atoms with Crippen molar-refractivity contribution in [3.63, 3.8) is 0 Å². The summed E-state index contributed by atoms with van der Waals surface area (Å²) in [6.07, 6.45) is 0. The Bertz CT molecular complexity index is 1090. The second-order valence-electron chi connectivity index (χ2n) is 6.60. The Hall–Kier alpha value is -3.72. The number of hydrogen-bond acceptors (Lipinski definition) is 7. The summed E-state index contributed by atoms with van der Waals surface area (Å²) < 4.78 is 21.3. The molecule has 3 aromatic rings. The number of aliphatic hydroxyl groups excluding tert-OH is 1. The number of hydrogen-bond donors (Lipinski definition) is 3. The normalized spacial score (nSPS) is 13.1. The molecular formula is C21H20N2O7. The smallest absolute Gasteiger partial charge is 0.287 e. The van der Waals surface area contributed by atoms with E-state index in [1.54, 1.807) is 42.5 Å². The molecule has 1 atom stereocenters. The van der Waals surface area contributed by atoms with Crippen molar-refractivity contribution in [1.82, 2.24) is 10.6 Å². The third-order valence-electron chi connectivity index (χ3n) is 4.66. The van der Waals surface area contributed by atoms with Crippen LogP contribution >= 0.6 is 0 Å². The Morgan fingerprint density at radius 3 is 2.80 bits per heavy atom. The number of nitrogens with one attached hydrogen (secondary N) is 2. The van der Waals surface area contributed by atoms with Crippen molar-refractivity contribution in [1.29, 1.82) is 0 Å². The van der Waals surface area contributed by atoms with Gasteiger partial charge in [0, 0.05) is 11.9 Å². The predicted octanol–water partition coefficient (Wildman–Crippen LogP) is 1.58. The molecule has 0 saturated carbocycles. The number of aliphatic hydroxyl groups is 1. The van der Waals surface area contributed by atoms with Gasteiger partial charge in [0.2, 0.25) is 12.7 Å². The van der Waals surface area contributed by atoms with Crippen LogP contribution in [0.4, 0.5) is 0 Å². The highest BCUT2D eigenvalue weighted by molar-refractivity contribution is 5.99. The maximum Gasteiger partial charge on any atom is 0.287 e. The first-order valence-electron chi connectivity index (χ1n) is 9.23. The lowest BCUT2D eigenvalue weighted by Crippen LogP contribution is -2.48. The average molecular weight is 412 g/mol. The molecule has 0 aliphatic carbocycles. The van der Waals surface area contributed by atoms with Gasteiger partial charge in [0.1, 0.15) is 6.04 Å². The summed E-state index contributed by atoms with van der Waals surface area (Å²) in [4.78, 5) is 25.0. The van der Waals surface area contributed by atoms with Gasteiger partial charge in [-0.2, -0.15) is 0 Å². The Morgan fingerprint density at radius 2 is 2.00 bits per heavy atom. The van der Waals surface area contributed by atoms with Crippen molar-refractivity contribution in [2.24, 2.45) is 0 Å². The number of amides is 2. The molecule has 0 fully saturated rings. The van der Waals surface area contributed by atoms with Crippen LogP contribution in [-0.4, -0.2) is 43.5 Å². The first kappa shape index (κ1) is 19.6. The molecule has 2 aromatic carbocycles. The molecule has 3 N–H and O–H groups in total. The van der Waals surface area contributed by atoms with E-state index in [1.807, 2.05) is 0 Å². The standard InChI is InChI=1S/C21H20N2O7/c1-27-16-4-2-3-13-8-18(30-19(13)16)21(26)23-14(10-24)20(25)22-9-12-5-6-15-17(7-12)29-11-28-15/h2-8,14,24H,9-11H2,1H3,(H,22,25)(H,23,26)/t14-/m0/s1. The molecule has 0 unspecified atom stereocenters. The highest BCUT2D eigenvalue weighted by atomic mass is 16.7. The molecule has 9 nitrogen and oxygen atoms in total. The fourth-order valence-corrected chi connectivity index (χ4v) is 3.10. The van der Waals surface area contributed by atoms with Crippen LogP contribution < -0.4 is 24.8 Å². The maximum atomic E-state index is 12.5. The lowest BCUT2D eigenvalue weighted by molar-refractivity contribution is -0.124. The molecule has 30 heavy (non-hydrogen) atoms. The quantitative estimate of drug-likeness (QED) is 0.539. The van der Waals surface area contributed by atoms with E-state index in [2.05, 4.69) is 10.6 Å². The SMILES string of the molecule is COc1cccc2cc(C(=O)N[C@@H](CO)C(=O)NCc3ccc4c(c3)OCO4)oc12. The van der Waals surface area contributed by atoms with E-state index in [9.17, 15) is 14.7 Å². The van der Waals surface area contributed by atoms with E-state index in [-0.39, 0.29) is 19.1 Å². The van der Waals surface area contributed by atoms with E-state index in [0.717, 1.165) is 5.56 Å². The van der Waals surface area contributed by atoms with Crippen LogP contribution in [0.5, 0.6) is 17.2 Å². The van der Waals surface area contributed by atoms with Gasteiger partial charge in [-0.1, -0.05) is 18.2 Å². The predicted molar refractivity (Wildman–Crippen MR) is 106 cm³/mol. The summed E-state index contributed by atoms with van der Waals surface area (Å²) in [5.74, 6) is 0.605. The summed E-state index contributed by atoms with van der Waals surface area (Å²) in [5, 5.41) is 15.4. The third-order valence-corrected chi connectivity index (χ3v) is 4.66. The van der Waals surface area contributed by atoms with Crippen molar-refractivity contribution in [3.8, 4) is 17.2 Å². The lowest BCUT2D eigenvalue weighted by atomic mass is 10.2. The highest BCUT2D eigenvalue weighted by Crippen LogP contribution is 2.32. The maximum absolute atomic E-state index is 12.5. The van der Waals surface area contributed by atoms with Gasteiger partial charge in [0.15, 0.2) is 28.6 Å². The summed E-state index contributed by atoms with van der Waals surface area (Å²) in [5.41, 5.74) is 1.22. The monoisotopic (exact) mass is 412 g/mol. The van der Waals surface area contributed by atoms with Crippen molar-refractivity contribution < 1.29 is 33.3 Å². The van der Waals surface area contributed by atoms with Gasteiger partial charge in [-0.15, -0.1) is 0 Å². The van der Waals surface area contributed by atoms with Crippen LogP contribution in [0.3, 0.4) is 0 Å². The van der Waals surface area contributed by atoms with Crippen molar-refractivity contribution in [2.75, 3.05) is 20.5 Å². The number of rotatable bonds is 7. The van der Waals surface area contributed by atoms with Crippen molar-refractivity contribution in [3.05, 3.63) is 53.8 Å². The van der Waals surface area contributed by atoms with Gasteiger partial charge >= 0.3 is 0 Å². The van der Waals surface area contributed by atoms with Crippen LogP contribution in [0.15, 0.2) is 46.9 Å². The van der Waals surface area contributed by atoms with E-state index in [0.29, 0.717) is 28.2 Å². The zero-order chi connectivity index (χ0) is 21.1. The molecule has 1 aliphatic heterocycles. The second kappa shape index (κ2) is 8.34. The summed E-state index contributed by atoms with van der Waals surface area (Å²) in [6, 6.07) is 11.0. The van der Waals surface area contributed by atoms with Crippen LogP contribution in [0, 0.1) is 0 Å². The van der Waals surface area contributed by atoms with Gasteiger partial charge in [-0.3, -0.25) is 9.59 Å². The Balaban J connectivity index is 1.40. The molecule has 0 spiro atoms. The van der Waals surface area contributed by atoms with Crippen LogP contribution in [-0.2, 0) is 11.3 Å². The van der Waals surface area contributed by atoms with Crippen LogP contribution in [0.1, 0.15) is 16.1 Å². The number of carbonyl (C=O) groups excluding carboxylic acids is 2. The Labute approximate surface area is 171 Å². The first-order chi connectivity index (χ1) is 14.6. The molecule has 0 bridgehead atoms. The van der Waals surface area contributed by atoms with Crippen molar-refractivity contribution >= 4 is 22.8 Å². The average Bonchev–Trinajstić information content (AvgIpc) is 3.41. The molecule has 0 saturated heterocycles. The third kappa shape index (κ3) is 3.87.